The Morgan fingerprint density at radius 1 is 1.38 bits per heavy atom. The molecule has 1 rings (SSSR count). The van der Waals surface area contributed by atoms with E-state index in [0.717, 1.165) is 3.59 Å². The highest BCUT2D eigenvalue weighted by molar-refractivity contribution is 9.08. The van der Waals surface area contributed by atoms with E-state index in [1.807, 2.05) is 13.8 Å². The van der Waals surface area contributed by atoms with E-state index in [-0.39, 0.29) is 11.6 Å². The first kappa shape index (κ1) is 10.8. The molecule has 0 saturated heterocycles. The maximum absolute atomic E-state index is 11.3. The van der Waals surface area contributed by atoms with Gasteiger partial charge < -0.3 is 5.11 Å². The van der Waals surface area contributed by atoms with Crippen LogP contribution < -0.4 is 5.69 Å². The van der Waals surface area contributed by atoms with Gasteiger partial charge in [-0.2, -0.15) is 3.59 Å². The summed E-state index contributed by atoms with van der Waals surface area (Å²) in [6.45, 7) is 4.03. The lowest BCUT2D eigenvalue weighted by molar-refractivity contribution is 0.439. The van der Waals surface area contributed by atoms with Gasteiger partial charge in [-0.1, -0.05) is 13.8 Å². The lowest BCUT2D eigenvalue weighted by atomic mass is 10.1. The highest BCUT2D eigenvalue weighted by atomic mass is 79.9. The Hall–Kier alpha value is -0.230. The third-order valence-corrected chi connectivity index (χ3v) is 2.99. The van der Waals surface area contributed by atoms with Gasteiger partial charge in [0.05, 0.1) is 38.0 Å². The van der Waals surface area contributed by atoms with Crippen LogP contribution in [0, 0.1) is 5.92 Å². The van der Waals surface area contributed by atoms with E-state index in [2.05, 4.69) is 32.3 Å². The molecule has 13 heavy (non-hydrogen) atoms. The van der Waals surface area contributed by atoms with Gasteiger partial charge in [-0.3, -0.25) is 0 Å². The smallest absolute Gasteiger partial charge is 0.351 e. The van der Waals surface area contributed by atoms with E-state index >= 15 is 0 Å². The van der Waals surface area contributed by atoms with E-state index in [1.165, 1.54) is 3.59 Å². The molecule has 4 nitrogen and oxygen atoms in total. The standard InChI is InChI=1S/C7H10Br2N2O2/c1-4(2)3-5-6(12)11(9)7(13)10(5)8/h4,12H,3H2,1-2H3. The van der Waals surface area contributed by atoms with Crippen LogP contribution in [0.25, 0.3) is 0 Å². The molecular weight excluding hydrogens is 304 g/mol. The predicted octanol–water partition coefficient (Wildman–Crippen LogP) is 1.87. The lowest BCUT2D eigenvalue weighted by Crippen LogP contribution is -2.14. The minimum absolute atomic E-state index is 0.0458. The van der Waals surface area contributed by atoms with Crippen molar-refractivity contribution in [1.29, 1.82) is 0 Å². The summed E-state index contributed by atoms with van der Waals surface area (Å²) in [6, 6.07) is 0. The molecule has 0 atom stereocenters. The van der Waals surface area contributed by atoms with Crippen LogP contribution in [-0.2, 0) is 6.42 Å². The molecule has 1 heterocycles. The molecule has 0 aliphatic heterocycles. The molecule has 6 heteroatoms. The normalized spacial score (nSPS) is 11.2. The summed E-state index contributed by atoms with van der Waals surface area (Å²) in [7, 11) is 0. The Kier molecular flexibility index (Phi) is 3.23. The summed E-state index contributed by atoms with van der Waals surface area (Å²) >= 11 is 6.02. The first-order valence-corrected chi connectivity index (χ1v) is 5.25. The lowest BCUT2D eigenvalue weighted by Gasteiger charge is -2.03. The number of rotatable bonds is 2. The largest absolute Gasteiger partial charge is 0.493 e. The quantitative estimate of drug-likeness (QED) is 0.906. The topological polar surface area (TPSA) is 47.2 Å². The SMILES string of the molecule is CC(C)Cc1c(O)n(Br)c(=O)n1Br. The summed E-state index contributed by atoms with van der Waals surface area (Å²) in [5, 5.41) is 9.51. The number of aromatic nitrogens is 2. The molecule has 1 N–H and O–H groups in total. The fourth-order valence-electron chi connectivity index (χ4n) is 1.04. The van der Waals surface area contributed by atoms with Gasteiger partial charge in [-0.25, -0.2) is 8.39 Å². The van der Waals surface area contributed by atoms with Crippen LogP contribution in [-0.4, -0.2) is 12.3 Å². The highest BCUT2D eigenvalue weighted by Gasteiger charge is 2.17. The average molecular weight is 314 g/mol. The second-order valence-electron chi connectivity index (χ2n) is 3.21. The molecule has 0 radical (unpaired) electrons. The molecule has 0 saturated carbocycles. The van der Waals surface area contributed by atoms with Crippen LogP contribution in [0.1, 0.15) is 19.5 Å². The van der Waals surface area contributed by atoms with E-state index in [9.17, 15) is 9.90 Å². The molecule has 1 aromatic rings. The van der Waals surface area contributed by atoms with E-state index < -0.39 is 0 Å². The molecular formula is C7H10Br2N2O2. The van der Waals surface area contributed by atoms with Crippen molar-refractivity contribution >= 4 is 32.3 Å². The van der Waals surface area contributed by atoms with Crippen LogP contribution in [0.5, 0.6) is 5.88 Å². The molecule has 0 amide bonds. The first-order valence-electron chi connectivity index (χ1n) is 3.83. The molecule has 0 bridgehead atoms. The van der Waals surface area contributed by atoms with Crippen molar-refractivity contribution in [3.05, 3.63) is 16.2 Å². The molecule has 0 aliphatic rings. The third-order valence-electron chi connectivity index (χ3n) is 1.62. The van der Waals surface area contributed by atoms with E-state index in [0.29, 0.717) is 18.0 Å². The fourth-order valence-corrected chi connectivity index (χ4v) is 2.08. The van der Waals surface area contributed by atoms with Crippen LogP contribution in [0.2, 0.25) is 0 Å². The second-order valence-corrected chi connectivity index (χ2v) is 4.63. The molecule has 0 spiro atoms. The number of aromatic hydroxyl groups is 1. The van der Waals surface area contributed by atoms with Crippen LogP contribution in [0.15, 0.2) is 4.79 Å². The van der Waals surface area contributed by atoms with Crippen molar-refractivity contribution in [1.82, 2.24) is 7.19 Å². The predicted molar refractivity (Wildman–Crippen MR) is 57.5 cm³/mol. The second kappa shape index (κ2) is 3.88. The van der Waals surface area contributed by atoms with Gasteiger partial charge in [0.25, 0.3) is 0 Å². The summed E-state index contributed by atoms with van der Waals surface area (Å²) in [6.07, 6.45) is 0.644. The molecule has 0 fully saturated rings. The highest BCUT2D eigenvalue weighted by Crippen LogP contribution is 2.22. The Labute approximate surface area is 92.9 Å². The number of hydrogen-bond donors (Lipinski definition) is 1. The number of hydrogen-bond acceptors (Lipinski definition) is 2. The maximum atomic E-state index is 11.3. The van der Waals surface area contributed by atoms with Gasteiger partial charge in [-0.15, -0.1) is 0 Å². The molecule has 74 valence electrons. The Morgan fingerprint density at radius 3 is 2.23 bits per heavy atom. The molecule has 0 aliphatic carbocycles. The van der Waals surface area contributed by atoms with Crippen LogP contribution in [0.4, 0.5) is 0 Å². The Morgan fingerprint density at radius 2 is 1.92 bits per heavy atom. The minimum Gasteiger partial charge on any atom is -0.493 e. The van der Waals surface area contributed by atoms with E-state index in [4.69, 9.17) is 0 Å². The minimum atomic E-state index is -0.340. The van der Waals surface area contributed by atoms with Gasteiger partial charge in [0, 0.05) is 0 Å². The zero-order valence-electron chi connectivity index (χ0n) is 7.29. The Balaban J connectivity index is 3.21. The Bertz CT molecular complexity index is 367. The molecule has 0 aromatic carbocycles. The molecule has 0 unspecified atom stereocenters. The summed E-state index contributed by atoms with van der Waals surface area (Å²) < 4.78 is 2.29. The van der Waals surface area contributed by atoms with Crippen molar-refractivity contribution in [3.63, 3.8) is 0 Å². The van der Waals surface area contributed by atoms with Crippen molar-refractivity contribution in [2.75, 3.05) is 0 Å². The number of halogens is 2. The van der Waals surface area contributed by atoms with Crippen molar-refractivity contribution < 1.29 is 5.11 Å². The zero-order valence-corrected chi connectivity index (χ0v) is 10.5. The summed E-state index contributed by atoms with van der Waals surface area (Å²) in [5.74, 6) is 0.333. The summed E-state index contributed by atoms with van der Waals surface area (Å²) in [4.78, 5) is 11.3. The monoisotopic (exact) mass is 312 g/mol. The van der Waals surface area contributed by atoms with Gasteiger partial charge in [0.15, 0.2) is 0 Å². The number of nitrogens with zero attached hydrogens (tertiary/aromatic N) is 2. The van der Waals surface area contributed by atoms with Gasteiger partial charge in [-0.05, 0) is 12.3 Å². The van der Waals surface area contributed by atoms with Gasteiger partial charge >= 0.3 is 5.69 Å². The van der Waals surface area contributed by atoms with Gasteiger partial charge in [0.1, 0.15) is 0 Å². The zero-order chi connectivity index (χ0) is 10.2. The number of imidazole rings is 1. The first-order chi connectivity index (χ1) is 5.95. The van der Waals surface area contributed by atoms with E-state index in [1.54, 1.807) is 0 Å². The van der Waals surface area contributed by atoms with Crippen molar-refractivity contribution in [2.45, 2.75) is 20.3 Å². The van der Waals surface area contributed by atoms with Crippen LogP contribution in [0.3, 0.4) is 0 Å². The van der Waals surface area contributed by atoms with Crippen LogP contribution >= 0.6 is 32.3 Å². The average Bonchev–Trinajstić information content (AvgIpc) is 2.22. The summed E-state index contributed by atoms with van der Waals surface area (Å²) in [5.41, 5.74) is 0.241. The third kappa shape index (κ3) is 1.99. The molecule has 1 aromatic heterocycles. The van der Waals surface area contributed by atoms with Gasteiger partial charge in [0.2, 0.25) is 5.88 Å². The van der Waals surface area contributed by atoms with Crippen molar-refractivity contribution in [2.24, 2.45) is 5.92 Å². The maximum Gasteiger partial charge on any atom is 0.351 e. The fraction of sp³-hybridized carbons (Fsp3) is 0.571. The van der Waals surface area contributed by atoms with Crippen molar-refractivity contribution in [3.8, 4) is 5.88 Å².